The summed E-state index contributed by atoms with van der Waals surface area (Å²) >= 11 is 0. The second-order valence-electron chi connectivity index (χ2n) is 6.60. The summed E-state index contributed by atoms with van der Waals surface area (Å²) in [5.41, 5.74) is 1.06. The number of likely N-dealkylation sites (tertiary alicyclic amines) is 1. The van der Waals surface area contributed by atoms with Crippen molar-refractivity contribution in [2.45, 2.75) is 38.4 Å². The predicted octanol–water partition coefficient (Wildman–Crippen LogP) is -0.371. The van der Waals surface area contributed by atoms with Crippen LogP contribution in [0.25, 0.3) is 0 Å². The Hall–Kier alpha value is -1.45. The fraction of sp³-hybridized carbons (Fsp3) is 0.733. The van der Waals surface area contributed by atoms with E-state index in [9.17, 15) is 13.2 Å². The molecule has 3 heterocycles. The molecular formula is C15H25N5O3S. The Bertz CT molecular complexity index is 681. The standard InChI is InChI=1S/C15H25N5O3S/c1-24(22,23)17-10-13-5-9-20-14(4-6-16-20)11-19(13)12-15(21)18-7-2-3-8-18/h4,6,13,17H,2-3,5,7-12H2,1H3. The average molecular weight is 355 g/mol. The van der Waals surface area contributed by atoms with Crippen molar-refractivity contribution in [1.29, 1.82) is 0 Å². The number of aryl methyl sites for hydroxylation is 1. The number of carbonyl (C=O) groups excluding carboxylic acids is 1. The van der Waals surface area contributed by atoms with Gasteiger partial charge in [-0.15, -0.1) is 0 Å². The molecule has 1 saturated heterocycles. The van der Waals surface area contributed by atoms with Crippen molar-refractivity contribution >= 4 is 15.9 Å². The van der Waals surface area contributed by atoms with Crippen LogP contribution < -0.4 is 4.72 Å². The van der Waals surface area contributed by atoms with Crippen molar-refractivity contribution in [3.8, 4) is 0 Å². The van der Waals surface area contributed by atoms with Crippen LogP contribution in [0.1, 0.15) is 25.0 Å². The first-order chi connectivity index (χ1) is 11.4. The van der Waals surface area contributed by atoms with Gasteiger partial charge < -0.3 is 4.90 Å². The number of carbonyl (C=O) groups is 1. The third-order valence-electron chi connectivity index (χ3n) is 4.74. The van der Waals surface area contributed by atoms with Crippen molar-refractivity contribution < 1.29 is 13.2 Å². The van der Waals surface area contributed by atoms with E-state index >= 15 is 0 Å². The highest BCUT2D eigenvalue weighted by molar-refractivity contribution is 7.88. The Morgan fingerprint density at radius 1 is 1.33 bits per heavy atom. The molecular weight excluding hydrogens is 330 g/mol. The lowest BCUT2D eigenvalue weighted by molar-refractivity contribution is -0.132. The molecule has 1 fully saturated rings. The molecule has 0 spiro atoms. The molecule has 0 bridgehead atoms. The predicted molar refractivity (Wildman–Crippen MR) is 89.7 cm³/mol. The normalized spacial score (nSPS) is 22.4. The molecule has 9 heteroatoms. The first-order valence-electron chi connectivity index (χ1n) is 8.39. The van der Waals surface area contributed by atoms with E-state index in [-0.39, 0.29) is 11.9 Å². The van der Waals surface area contributed by atoms with Crippen molar-refractivity contribution in [2.75, 3.05) is 32.4 Å². The van der Waals surface area contributed by atoms with E-state index in [0.29, 0.717) is 19.6 Å². The molecule has 134 valence electrons. The minimum absolute atomic E-state index is 0.0204. The van der Waals surface area contributed by atoms with Gasteiger partial charge in [-0.2, -0.15) is 5.10 Å². The van der Waals surface area contributed by atoms with Crippen LogP contribution in [0.4, 0.5) is 0 Å². The van der Waals surface area contributed by atoms with Gasteiger partial charge in [0.25, 0.3) is 0 Å². The molecule has 1 atom stereocenters. The van der Waals surface area contributed by atoms with Crippen molar-refractivity contribution in [3.05, 3.63) is 18.0 Å². The fourth-order valence-electron chi connectivity index (χ4n) is 3.39. The minimum Gasteiger partial charge on any atom is -0.342 e. The Morgan fingerprint density at radius 3 is 2.79 bits per heavy atom. The van der Waals surface area contributed by atoms with Gasteiger partial charge in [0.1, 0.15) is 0 Å². The van der Waals surface area contributed by atoms with Crippen LogP contribution in [0.5, 0.6) is 0 Å². The summed E-state index contributed by atoms with van der Waals surface area (Å²) in [6.07, 6.45) is 5.82. The highest BCUT2D eigenvalue weighted by Gasteiger charge is 2.28. The molecule has 1 amide bonds. The monoisotopic (exact) mass is 355 g/mol. The lowest BCUT2D eigenvalue weighted by atomic mass is 10.1. The molecule has 8 nitrogen and oxygen atoms in total. The van der Waals surface area contributed by atoms with E-state index in [1.807, 2.05) is 15.6 Å². The Labute approximate surface area is 142 Å². The number of rotatable bonds is 5. The van der Waals surface area contributed by atoms with Gasteiger partial charge in [-0.1, -0.05) is 0 Å². The molecule has 24 heavy (non-hydrogen) atoms. The zero-order valence-electron chi connectivity index (χ0n) is 14.0. The van der Waals surface area contributed by atoms with Gasteiger partial charge in [-0.3, -0.25) is 14.4 Å². The molecule has 0 radical (unpaired) electrons. The summed E-state index contributed by atoms with van der Waals surface area (Å²) in [5, 5.41) is 4.31. The second-order valence-corrected chi connectivity index (χ2v) is 8.43. The zero-order chi connectivity index (χ0) is 17.2. The topological polar surface area (TPSA) is 87.5 Å². The van der Waals surface area contributed by atoms with Gasteiger partial charge in [0.2, 0.25) is 15.9 Å². The summed E-state index contributed by atoms with van der Waals surface area (Å²) in [7, 11) is -3.25. The molecule has 3 rings (SSSR count). The summed E-state index contributed by atoms with van der Waals surface area (Å²) < 4.78 is 27.4. The van der Waals surface area contributed by atoms with E-state index in [1.54, 1.807) is 6.20 Å². The van der Waals surface area contributed by atoms with Crippen LogP contribution in [0.3, 0.4) is 0 Å². The van der Waals surface area contributed by atoms with Crippen LogP contribution in [0, 0.1) is 0 Å². The number of hydrogen-bond donors (Lipinski definition) is 1. The van der Waals surface area contributed by atoms with Gasteiger partial charge in [0, 0.05) is 45.0 Å². The zero-order valence-corrected chi connectivity index (χ0v) is 14.8. The molecule has 0 saturated carbocycles. The van der Waals surface area contributed by atoms with E-state index in [4.69, 9.17) is 0 Å². The molecule has 0 aromatic carbocycles. The van der Waals surface area contributed by atoms with E-state index in [0.717, 1.165) is 50.8 Å². The van der Waals surface area contributed by atoms with Crippen LogP contribution in [-0.4, -0.2) is 72.4 Å². The highest BCUT2D eigenvalue weighted by atomic mass is 32.2. The molecule has 2 aliphatic heterocycles. The largest absolute Gasteiger partial charge is 0.342 e. The van der Waals surface area contributed by atoms with E-state index < -0.39 is 10.0 Å². The fourth-order valence-corrected chi connectivity index (χ4v) is 3.89. The maximum atomic E-state index is 12.5. The Morgan fingerprint density at radius 2 is 2.08 bits per heavy atom. The summed E-state index contributed by atoms with van der Waals surface area (Å²) in [6.45, 7) is 3.63. The maximum Gasteiger partial charge on any atom is 0.236 e. The number of fused-ring (bicyclic) bond motifs is 1. The van der Waals surface area contributed by atoms with E-state index in [2.05, 4.69) is 14.7 Å². The van der Waals surface area contributed by atoms with Gasteiger partial charge >= 0.3 is 0 Å². The number of nitrogens with zero attached hydrogens (tertiary/aromatic N) is 4. The van der Waals surface area contributed by atoms with Crippen LogP contribution in [-0.2, 0) is 27.9 Å². The number of nitrogens with one attached hydrogen (secondary N) is 1. The molecule has 1 N–H and O–H groups in total. The first-order valence-corrected chi connectivity index (χ1v) is 10.3. The van der Waals surface area contributed by atoms with Crippen molar-refractivity contribution in [2.24, 2.45) is 0 Å². The Kier molecular flexibility index (Phi) is 5.21. The van der Waals surface area contributed by atoms with Crippen molar-refractivity contribution in [1.82, 2.24) is 24.3 Å². The minimum atomic E-state index is -3.25. The third kappa shape index (κ3) is 4.34. The third-order valence-corrected chi connectivity index (χ3v) is 5.43. The summed E-state index contributed by atoms with van der Waals surface area (Å²) in [5.74, 6) is 0.129. The number of hydrogen-bond acceptors (Lipinski definition) is 5. The molecule has 1 aromatic rings. The van der Waals surface area contributed by atoms with Crippen LogP contribution in [0.15, 0.2) is 12.3 Å². The molecule has 1 unspecified atom stereocenters. The maximum absolute atomic E-state index is 12.5. The lowest BCUT2D eigenvalue weighted by Gasteiger charge is -2.30. The lowest BCUT2D eigenvalue weighted by Crippen LogP contribution is -2.47. The number of aromatic nitrogens is 2. The first kappa shape index (κ1) is 17.4. The molecule has 1 aromatic heterocycles. The van der Waals surface area contributed by atoms with Crippen LogP contribution >= 0.6 is 0 Å². The summed E-state index contributed by atoms with van der Waals surface area (Å²) in [4.78, 5) is 16.5. The Balaban J connectivity index is 1.72. The van der Waals surface area contributed by atoms with Gasteiger partial charge in [-0.05, 0) is 25.3 Å². The molecule has 0 aliphatic carbocycles. The molecule has 2 aliphatic rings. The second kappa shape index (κ2) is 7.20. The quantitative estimate of drug-likeness (QED) is 0.779. The van der Waals surface area contributed by atoms with Crippen LogP contribution in [0.2, 0.25) is 0 Å². The summed E-state index contributed by atoms with van der Waals surface area (Å²) in [6, 6.07) is 1.94. The number of amides is 1. The smallest absolute Gasteiger partial charge is 0.236 e. The average Bonchev–Trinajstić information content (AvgIpc) is 3.15. The van der Waals surface area contributed by atoms with Gasteiger partial charge in [-0.25, -0.2) is 13.1 Å². The van der Waals surface area contributed by atoms with Gasteiger partial charge in [0.15, 0.2) is 0 Å². The van der Waals surface area contributed by atoms with E-state index in [1.165, 1.54) is 0 Å². The van der Waals surface area contributed by atoms with Gasteiger partial charge in [0.05, 0.1) is 18.5 Å². The highest BCUT2D eigenvalue weighted by Crippen LogP contribution is 2.18. The number of sulfonamides is 1. The SMILES string of the molecule is CS(=O)(=O)NCC1CCn2nccc2CN1CC(=O)N1CCCC1. The van der Waals surface area contributed by atoms with Crippen molar-refractivity contribution in [3.63, 3.8) is 0 Å².